The lowest BCUT2D eigenvalue weighted by Gasteiger charge is -2.07. The maximum absolute atomic E-state index is 14.5. The van der Waals surface area contributed by atoms with Crippen LogP contribution in [0.4, 0.5) is 17.6 Å². The number of halogens is 6. The highest BCUT2D eigenvalue weighted by Gasteiger charge is 2.39. The monoisotopic (exact) mass is 427 g/mol. The van der Waals surface area contributed by atoms with Crippen molar-refractivity contribution >= 4 is 38.6 Å². The van der Waals surface area contributed by atoms with Crippen molar-refractivity contribution < 1.29 is 22.0 Å². The second-order valence-corrected chi connectivity index (χ2v) is 6.15. The van der Waals surface area contributed by atoms with E-state index in [0.29, 0.717) is 4.68 Å². The van der Waals surface area contributed by atoms with E-state index < -0.39 is 27.9 Å². The average molecular weight is 429 g/mol. The topological polar surface area (TPSA) is 53.0 Å². The van der Waals surface area contributed by atoms with Crippen LogP contribution in [0.25, 0.3) is 22.4 Å². The highest BCUT2D eigenvalue weighted by molar-refractivity contribution is 9.10. The summed E-state index contributed by atoms with van der Waals surface area (Å²) in [6.07, 6.45) is -4.71. The van der Waals surface area contributed by atoms with Crippen molar-refractivity contribution in [1.29, 1.82) is 0 Å². The van der Waals surface area contributed by atoms with Crippen LogP contribution in [-0.4, -0.2) is 14.3 Å². The molecule has 0 spiro atoms. The Morgan fingerprint density at radius 1 is 1.33 bits per heavy atom. The third-order valence-electron chi connectivity index (χ3n) is 3.45. The van der Waals surface area contributed by atoms with Gasteiger partial charge >= 0.3 is 11.9 Å². The molecule has 0 atom stereocenters. The normalized spacial score (nSPS) is 12.3. The van der Waals surface area contributed by atoms with Gasteiger partial charge in [-0.05, 0) is 22.0 Å². The van der Waals surface area contributed by atoms with Gasteiger partial charge in [-0.2, -0.15) is 18.3 Å². The molecule has 0 aliphatic heterocycles. The molecule has 0 bridgehead atoms. The minimum Gasteiger partial charge on any atom is -0.406 e. The summed E-state index contributed by atoms with van der Waals surface area (Å²) in [4.78, 5) is 11.7. The van der Waals surface area contributed by atoms with Crippen LogP contribution in [-0.2, 0) is 20.3 Å². The van der Waals surface area contributed by atoms with Gasteiger partial charge in [-0.1, -0.05) is 11.6 Å². The lowest BCUT2D eigenvalue weighted by Crippen LogP contribution is -2.12. The van der Waals surface area contributed by atoms with E-state index >= 15 is 0 Å². The van der Waals surface area contributed by atoms with Crippen LogP contribution >= 0.6 is 27.5 Å². The summed E-state index contributed by atoms with van der Waals surface area (Å²) in [5.41, 5.74) is -1.95. The number of aromatic nitrogens is 3. The summed E-state index contributed by atoms with van der Waals surface area (Å²) in [5, 5.41) is 3.57. The molecule has 0 fully saturated rings. The van der Waals surface area contributed by atoms with Gasteiger partial charge in [0.05, 0.1) is 15.1 Å². The molecule has 0 unspecified atom stereocenters. The molecule has 0 amide bonds. The molecule has 2 heterocycles. The Labute approximate surface area is 144 Å². The van der Waals surface area contributed by atoms with E-state index in [1.807, 2.05) is 0 Å². The Balaban J connectivity index is 2.47. The molecule has 0 aliphatic rings. The molecule has 0 saturated carbocycles. The van der Waals surface area contributed by atoms with Crippen LogP contribution < -0.4 is 5.76 Å². The third kappa shape index (κ3) is 2.35. The van der Waals surface area contributed by atoms with E-state index in [2.05, 4.69) is 21.0 Å². The van der Waals surface area contributed by atoms with Crippen LogP contribution in [0.1, 0.15) is 5.69 Å². The van der Waals surface area contributed by atoms with Gasteiger partial charge in [0, 0.05) is 14.1 Å². The molecule has 3 aromatic rings. The fourth-order valence-electron chi connectivity index (χ4n) is 2.44. The summed E-state index contributed by atoms with van der Waals surface area (Å²) < 4.78 is 59.9. The molecule has 0 aliphatic carbocycles. The number of nitrogens with zero attached hydrogens (tertiary/aromatic N) is 3. The lowest BCUT2D eigenvalue weighted by atomic mass is 10.1. The van der Waals surface area contributed by atoms with Crippen molar-refractivity contribution in [3.63, 3.8) is 0 Å². The summed E-state index contributed by atoms with van der Waals surface area (Å²) in [6.45, 7) is 0. The molecule has 24 heavy (non-hydrogen) atoms. The molecule has 11 heteroatoms. The predicted molar refractivity (Wildman–Crippen MR) is 81.3 cm³/mol. The quantitative estimate of drug-likeness (QED) is 0.548. The van der Waals surface area contributed by atoms with Gasteiger partial charge in [0.2, 0.25) is 0 Å². The number of alkyl halides is 3. The zero-order valence-electron chi connectivity index (χ0n) is 12.0. The molecule has 0 radical (unpaired) electrons. The Hall–Kier alpha value is -1.81. The highest BCUT2D eigenvalue weighted by Crippen LogP contribution is 2.43. The van der Waals surface area contributed by atoms with E-state index in [1.165, 1.54) is 7.05 Å². The third-order valence-corrected chi connectivity index (χ3v) is 4.49. The zero-order chi connectivity index (χ0) is 18.0. The maximum atomic E-state index is 14.5. The Kier molecular flexibility index (Phi) is 3.79. The Bertz CT molecular complexity index is 1030. The molecule has 0 saturated heterocycles. The number of hydrogen-bond acceptors (Lipinski definition) is 3. The number of hydrogen-bond donors (Lipinski definition) is 0. The first-order valence-electron chi connectivity index (χ1n) is 6.31. The average Bonchev–Trinajstić information content (AvgIpc) is 2.89. The fraction of sp³-hybridized carbons (Fsp3) is 0.231. The van der Waals surface area contributed by atoms with Crippen LogP contribution in [0.5, 0.6) is 0 Å². The molecule has 5 nitrogen and oxygen atoms in total. The fourth-order valence-corrected chi connectivity index (χ4v) is 3.43. The first-order chi connectivity index (χ1) is 11.0. The van der Waals surface area contributed by atoms with Crippen molar-refractivity contribution in [2.24, 2.45) is 14.1 Å². The SMILES string of the molecule is Cn1nc(-c2c(F)cc(Cl)c3oc(=O)n(C)c23)c(Br)c1C(F)(F)F. The van der Waals surface area contributed by atoms with E-state index in [1.54, 1.807) is 0 Å². The summed E-state index contributed by atoms with van der Waals surface area (Å²) >= 11 is 8.68. The van der Waals surface area contributed by atoms with Crippen molar-refractivity contribution in [2.75, 3.05) is 0 Å². The zero-order valence-corrected chi connectivity index (χ0v) is 14.3. The van der Waals surface area contributed by atoms with Crippen molar-refractivity contribution in [2.45, 2.75) is 6.18 Å². The molecular formula is C13H7BrClF4N3O2. The van der Waals surface area contributed by atoms with Gasteiger partial charge in [-0.3, -0.25) is 9.25 Å². The Morgan fingerprint density at radius 2 is 1.96 bits per heavy atom. The van der Waals surface area contributed by atoms with E-state index in [9.17, 15) is 22.4 Å². The Morgan fingerprint density at radius 3 is 2.50 bits per heavy atom. The van der Waals surface area contributed by atoms with Crippen molar-refractivity contribution in [3.05, 3.63) is 37.6 Å². The van der Waals surface area contributed by atoms with Crippen LogP contribution in [0.2, 0.25) is 5.02 Å². The summed E-state index contributed by atoms with van der Waals surface area (Å²) in [6, 6.07) is 0.858. The summed E-state index contributed by atoms with van der Waals surface area (Å²) in [7, 11) is 2.37. The number of fused-ring (bicyclic) bond motifs is 1. The molecule has 128 valence electrons. The second kappa shape index (κ2) is 5.35. The number of rotatable bonds is 1. The lowest BCUT2D eigenvalue weighted by molar-refractivity contribution is -0.144. The van der Waals surface area contributed by atoms with Crippen LogP contribution in [0.15, 0.2) is 19.8 Å². The number of benzene rings is 1. The smallest absolute Gasteiger partial charge is 0.406 e. The van der Waals surface area contributed by atoms with Gasteiger partial charge in [-0.25, -0.2) is 9.18 Å². The predicted octanol–water partition coefficient (Wildman–Crippen LogP) is 4.11. The van der Waals surface area contributed by atoms with Gasteiger partial charge in [0.15, 0.2) is 11.3 Å². The molecule has 0 N–H and O–H groups in total. The van der Waals surface area contributed by atoms with Gasteiger partial charge in [0.25, 0.3) is 0 Å². The second-order valence-electron chi connectivity index (χ2n) is 4.95. The number of oxazole rings is 1. The molecule has 3 rings (SSSR count). The van der Waals surface area contributed by atoms with Crippen LogP contribution in [0.3, 0.4) is 0 Å². The van der Waals surface area contributed by atoms with E-state index in [4.69, 9.17) is 16.0 Å². The number of aryl methyl sites for hydroxylation is 2. The molecule has 1 aromatic carbocycles. The summed E-state index contributed by atoms with van der Waals surface area (Å²) in [5.74, 6) is -1.77. The molecule has 2 aromatic heterocycles. The van der Waals surface area contributed by atoms with Crippen molar-refractivity contribution in [1.82, 2.24) is 14.3 Å². The van der Waals surface area contributed by atoms with Crippen LogP contribution in [0, 0.1) is 5.82 Å². The van der Waals surface area contributed by atoms with E-state index in [0.717, 1.165) is 17.7 Å². The van der Waals surface area contributed by atoms with E-state index in [-0.39, 0.29) is 27.4 Å². The minimum atomic E-state index is -4.71. The first kappa shape index (κ1) is 17.0. The highest BCUT2D eigenvalue weighted by atomic mass is 79.9. The van der Waals surface area contributed by atoms with Gasteiger partial charge in [0.1, 0.15) is 17.0 Å². The standard InChI is InChI=1S/C13H7BrClF4N3O2/c1-21-9-6(5(16)3-4(15)10(9)24-12(21)23)8-7(14)11(13(17,18)19)22(2)20-8/h3H,1-2H3. The largest absolute Gasteiger partial charge is 0.434 e. The van der Waals surface area contributed by atoms with Gasteiger partial charge in [-0.15, -0.1) is 0 Å². The minimum absolute atomic E-state index is 0.0856. The maximum Gasteiger partial charge on any atom is 0.434 e. The first-order valence-corrected chi connectivity index (χ1v) is 7.48. The van der Waals surface area contributed by atoms with Gasteiger partial charge < -0.3 is 4.42 Å². The molecular weight excluding hydrogens is 422 g/mol. The van der Waals surface area contributed by atoms with Crippen molar-refractivity contribution in [3.8, 4) is 11.3 Å².